The second-order valence-corrected chi connectivity index (χ2v) is 3.86. The molecule has 0 fully saturated rings. The summed E-state index contributed by atoms with van der Waals surface area (Å²) >= 11 is 0. The summed E-state index contributed by atoms with van der Waals surface area (Å²) in [6.45, 7) is 0. The molecule has 0 N–H and O–H groups in total. The molecule has 1 aliphatic rings. The van der Waals surface area contributed by atoms with Crippen LogP contribution in [0.1, 0.15) is 18.5 Å². The minimum atomic E-state index is -0.710. The minimum absolute atomic E-state index is 0.122. The van der Waals surface area contributed by atoms with E-state index in [2.05, 4.69) is 9.72 Å². The van der Waals surface area contributed by atoms with Gasteiger partial charge in [-0.15, -0.1) is 0 Å². The standard InChI is InChI=1S/C13H11F2NO2/c1-18-13(17)9-4-2-8(3-5-9)12-11(15)6-10(14)7-16-12/h2,4,6-7H,3,5H2,1H3. The van der Waals surface area contributed by atoms with Gasteiger partial charge in [-0.3, -0.25) is 4.98 Å². The van der Waals surface area contributed by atoms with Gasteiger partial charge in [-0.1, -0.05) is 12.2 Å². The van der Waals surface area contributed by atoms with Gasteiger partial charge < -0.3 is 4.74 Å². The van der Waals surface area contributed by atoms with E-state index in [9.17, 15) is 13.6 Å². The van der Waals surface area contributed by atoms with Crippen molar-refractivity contribution in [1.82, 2.24) is 4.98 Å². The Kier molecular flexibility index (Phi) is 3.50. The van der Waals surface area contributed by atoms with E-state index in [0.717, 1.165) is 12.3 Å². The van der Waals surface area contributed by atoms with Crippen molar-refractivity contribution in [2.45, 2.75) is 12.8 Å². The molecule has 5 heteroatoms. The topological polar surface area (TPSA) is 39.2 Å². The molecule has 0 amide bonds. The number of allylic oxidation sites excluding steroid dienone is 3. The van der Waals surface area contributed by atoms with Crippen molar-refractivity contribution in [1.29, 1.82) is 0 Å². The van der Waals surface area contributed by atoms with Crippen LogP contribution in [0.4, 0.5) is 8.78 Å². The molecule has 0 saturated carbocycles. The van der Waals surface area contributed by atoms with Gasteiger partial charge in [-0.2, -0.15) is 0 Å². The number of carbonyl (C=O) groups excluding carboxylic acids is 1. The fraction of sp³-hybridized carbons (Fsp3) is 0.231. The molecule has 94 valence electrons. The number of nitrogens with zero attached hydrogens (tertiary/aromatic N) is 1. The summed E-state index contributed by atoms with van der Waals surface area (Å²) in [5, 5.41) is 0. The van der Waals surface area contributed by atoms with Gasteiger partial charge in [-0.25, -0.2) is 13.6 Å². The maximum atomic E-state index is 13.5. The third kappa shape index (κ3) is 2.45. The van der Waals surface area contributed by atoms with Crippen LogP contribution < -0.4 is 0 Å². The molecule has 1 aromatic rings. The highest BCUT2D eigenvalue weighted by atomic mass is 19.1. The quantitative estimate of drug-likeness (QED) is 0.758. The minimum Gasteiger partial charge on any atom is -0.466 e. The predicted octanol–water partition coefficient (Wildman–Crippen LogP) is 2.64. The highest BCUT2D eigenvalue weighted by Gasteiger charge is 2.17. The first kappa shape index (κ1) is 12.4. The Morgan fingerprint density at radius 1 is 1.33 bits per heavy atom. The lowest BCUT2D eigenvalue weighted by Crippen LogP contribution is -2.08. The fourth-order valence-electron chi connectivity index (χ4n) is 1.79. The number of esters is 1. The van der Waals surface area contributed by atoms with Crippen LogP contribution in [0, 0.1) is 11.6 Å². The SMILES string of the molecule is COC(=O)C1=CC=C(c2ncc(F)cc2F)CC1. The molecule has 0 atom stereocenters. The Morgan fingerprint density at radius 2 is 2.11 bits per heavy atom. The van der Waals surface area contributed by atoms with Crippen LogP contribution in [0.3, 0.4) is 0 Å². The zero-order valence-corrected chi connectivity index (χ0v) is 9.74. The van der Waals surface area contributed by atoms with Gasteiger partial charge in [0.2, 0.25) is 0 Å². The summed E-state index contributed by atoms with van der Waals surface area (Å²) in [5.41, 5.74) is 1.29. The largest absolute Gasteiger partial charge is 0.466 e. The summed E-state index contributed by atoms with van der Waals surface area (Å²) < 4.78 is 30.8. The molecule has 0 spiro atoms. The molecule has 0 bridgehead atoms. The molecule has 18 heavy (non-hydrogen) atoms. The van der Waals surface area contributed by atoms with Gasteiger partial charge in [-0.05, 0) is 18.4 Å². The Morgan fingerprint density at radius 3 is 2.67 bits per heavy atom. The Hall–Kier alpha value is -2.04. The molecule has 2 rings (SSSR count). The number of hydrogen-bond donors (Lipinski definition) is 0. The number of aromatic nitrogens is 1. The zero-order chi connectivity index (χ0) is 13.1. The molecule has 0 aliphatic heterocycles. The van der Waals surface area contributed by atoms with Crippen molar-refractivity contribution < 1.29 is 18.3 Å². The van der Waals surface area contributed by atoms with Crippen molar-refractivity contribution in [2.24, 2.45) is 0 Å². The van der Waals surface area contributed by atoms with Crippen LogP contribution in [0.5, 0.6) is 0 Å². The van der Waals surface area contributed by atoms with Gasteiger partial charge in [0.05, 0.1) is 13.3 Å². The summed E-state index contributed by atoms with van der Waals surface area (Å²) in [6, 6.07) is 0.794. The van der Waals surface area contributed by atoms with Crippen LogP contribution in [0.25, 0.3) is 5.57 Å². The van der Waals surface area contributed by atoms with Gasteiger partial charge in [0.25, 0.3) is 0 Å². The van der Waals surface area contributed by atoms with E-state index in [1.807, 2.05) is 0 Å². The monoisotopic (exact) mass is 251 g/mol. The summed E-state index contributed by atoms with van der Waals surface area (Å²) in [5.74, 6) is -1.80. The van der Waals surface area contributed by atoms with E-state index < -0.39 is 17.6 Å². The second kappa shape index (κ2) is 5.08. The number of halogens is 2. The molecule has 0 aromatic carbocycles. The van der Waals surface area contributed by atoms with E-state index in [4.69, 9.17) is 0 Å². The first-order valence-electron chi connectivity index (χ1n) is 5.41. The summed E-state index contributed by atoms with van der Waals surface area (Å²) in [7, 11) is 1.31. The average Bonchev–Trinajstić information content (AvgIpc) is 2.38. The Balaban J connectivity index is 2.29. The van der Waals surface area contributed by atoms with Crippen molar-refractivity contribution in [3.63, 3.8) is 0 Å². The molecule has 1 aromatic heterocycles. The van der Waals surface area contributed by atoms with Crippen LogP contribution in [-0.2, 0) is 9.53 Å². The van der Waals surface area contributed by atoms with Crippen molar-refractivity contribution >= 4 is 11.5 Å². The van der Waals surface area contributed by atoms with Crippen LogP contribution >= 0.6 is 0 Å². The molecule has 0 unspecified atom stereocenters. The first-order valence-corrected chi connectivity index (χ1v) is 5.41. The third-order valence-electron chi connectivity index (χ3n) is 2.71. The molecular weight excluding hydrogens is 240 g/mol. The number of rotatable bonds is 2. The smallest absolute Gasteiger partial charge is 0.333 e. The predicted molar refractivity (Wildman–Crippen MR) is 61.5 cm³/mol. The van der Waals surface area contributed by atoms with Crippen molar-refractivity contribution in [3.05, 3.63) is 47.3 Å². The van der Waals surface area contributed by atoms with Gasteiger partial charge >= 0.3 is 5.97 Å². The number of methoxy groups -OCH3 is 1. The maximum absolute atomic E-state index is 13.5. The Bertz CT molecular complexity index is 550. The van der Waals surface area contributed by atoms with Gasteiger partial charge in [0, 0.05) is 11.6 Å². The molecular formula is C13H11F2NO2. The lowest BCUT2D eigenvalue weighted by Gasteiger charge is -2.13. The van der Waals surface area contributed by atoms with Crippen molar-refractivity contribution in [2.75, 3.05) is 7.11 Å². The van der Waals surface area contributed by atoms with E-state index in [0.29, 0.717) is 24.0 Å². The fourth-order valence-corrected chi connectivity index (χ4v) is 1.79. The van der Waals surface area contributed by atoms with Crippen LogP contribution in [-0.4, -0.2) is 18.1 Å². The molecule has 0 radical (unpaired) electrons. The second-order valence-electron chi connectivity index (χ2n) is 3.86. The number of carbonyl (C=O) groups is 1. The molecule has 3 nitrogen and oxygen atoms in total. The van der Waals surface area contributed by atoms with E-state index in [1.54, 1.807) is 12.2 Å². The van der Waals surface area contributed by atoms with E-state index >= 15 is 0 Å². The zero-order valence-electron chi connectivity index (χ0n) is 9.74. The molecule has 1 aliphatic carbocycles. The summed E-state index contributed by atoms with van der Waals surface area (Å²) in [4.78, 5) is 15.0. The molecule has 0 saturated heterocycles. The van der Waals surface area contributed by atoms with Crippen molar-refractivity contribution in [3.8, 4) is 0 Å². The Labute approximate surface area is 103 Å². The van der Waals surface area contributed by atoms with E-state index in [-0.39, 0.29) is 5.69 Å². The normalized spacial score (nSPS) is 14.8. The highest BCUT2D eigenvalue weighted by Crippen LogP contribution is 2.27. The number of hydrogen-bond acceptors (Lipinski definition) is 3. The molecule has 1 heterocycles. The first-order chi connectivity index (χ1) is 8.61. The van der Waals surface area contributed by atoms with Gasteiger partial charge in [0.15, 0.2) is 5.82 Å². The van der Waals surface area contributed by atoms with Crippen LogP contribution in [0.15, 0.2) is 30.0 Å². The van der Waals surface area contributed by atoms with Gasteiger partial charge in [0.1, 0.15) is 11.5 Å². The number of ether oxygens (including phenoxy) is 1. The number of pyridine rings is 1. The van der Waals surface area contributed by atoms with E-state index in [1.165, 1.54) is 7.11 Å². The van der Waals surface area contributed by atoms with Crippen LogP contribution in [0.2, 0.25) is 0 Å². The lowest BCUT2D eigenvalue weighted by atomic mass is 9.96. The summed E-state index contributed by atoms with van der Waals surface area (Å²) in [6.07, 6.45) is 5.08. The highest BCUT2D eigenvalue weighted by molar-refractivity contribution is 5.90. The third-order valence-corrected chi connectivity index (χ3v) is 2.71. The maximum Gasteiger partial charge on any atom is 0.333 e. The lowest BCUT2D eigenvalue weighted by molar-refractivity contribution is -0.136. The average molecular weight is 251 g/mol.